The van der Waals surface area contributed by atoms with Crippen LogP contribution in [0.4, 0.5) is 27.6 Å². The van der Waals surface area contributed by atoms with Crippen LogP contribution in [-0.2, 0) is 37.8 Å². The van der Waals surface area contributed by atoms with E-state index in [-0.39, 0.29) is 42.4 Å². The molecule has 14 heteroatoms. The van der Waals surface area contributed by atoms with Crippen LogP contribution in [0, 0.1) is 0 Å². The van der Waals surface area contributed by atoms with Crippen LogP contribution in [0.3, 0.4) is 0 Å². The molecule has 0 amide bonds. The molecule has 1 fully saturated rings. The molecule has 206 valence electrons. The molecule has 0 aliphatic carbocycles. The Bertz CT molecular complexity index is 1210. The molecule has 2 aromatic rings. The van der Waals surface area contributed by atoms with Crippen molar-refractivity contribution in [3.63, 3.8) is 0 Å². The second-order valence-electron chi connectivity index (χ2n) is 8.79. The number of benzene rings is 1. The zero-order chi connectivity index (χ0) is 27.7. The van der Waals surface area contributed by atoms with Gasteiger partial charge in [-0.25, -0.2) is 0 Å². The van der Waals surface area contributed by atoms with Gasteiger partial charge in [0, 0.05) is 17.8 Å². The second-order valence-corrected chi connectivity index (χ2v) is 9.20. The third-order valence-corrected chi connectivity index (χ3v) is 6.42. The Morgan fingerprint density at radius 2 is 1.82 bits per heavy atom. The number of pyridine rings is 1. The van der Waals surface area contributed by atoms with Gasteiger partial charge in [-0.05, 0) is 43.7 Å². The summed E-state index contributed by atoms with van der Waals surface area (Å²) in [6.07, 6.45) is -6.86. The highest BCUT2D eigenvalue weighted by atomic mass is 35.5. The lowest BCUT2D eigenvalue weighted by molar-refractivity contribution is -0.306. The number of aromatic nitrogens is 1. The summed E-state index contributed by atoms with van der Waals surface area (Å²) in [6, 6.07) is 5.54. The fraction of sp³-hybridized carbons (Fsp3) is 0.458. The summed E-state index contributed by atoms with van der Waals surface area (Å²) in [6.45, 7) is 1.07. The number of anilines is 1. The molecule has 8 nitrogen and oxygen atoms in total. The molecule has 38 heavy (non-hydrogen) atoms. The minimum atomic E-state index is -5.77. The van der Waals surface area contributed by atoms with Crippen LogP contribution in [0.15, 0.2) is 30.5 Å². The van der Waals surface area contributed by atoms with E-state index in [1.807, 2.05) is 0 Å². The van der Waals surface area contributed by atoms with E-state index >= 15 is 0 Å². The normalized spacial score (nSPS) is 18.5. The molecule has 2 aliphatic heterocycles. The Morgan fingerprint density at radius 1 is 1.13 bits per heavy atom. The smallest absolute Gasteiger partial charge is 0.457 e. The fourth-order valence-corrected chi connectivity index (χ4v) is 4.42. The van der Waals surface area contributed by atoms with E-state index < -0.39 is 35.9 Å². The predicted octanol–water partition coefficient (Wildman–Crippen LogP) is 4.49. The van der Waals surface area contributed by atoms with Gasteiger partial charge in [-0.1, -0.05) is 11.6 Å². The number of nitrogens with one attached hydrogen (secondary N) is 2. The highest BCUT2D eigenvalue weighted by molar-refractivity contribution is 6.33. The summed E-state index contributed by atoms with van der Waals surface area (Å²) in [5.74, 6) is -8.17. The van der Waals surface area contributed by atoms with E-state index in [1.54, 1.807) is 6.07 Å². The van der Waals surface area contributed by atoms with Gasteiger partial charge in [0.15, 0.2) is 6.10 Å². The number of esters is 2. The monoisotopic (exact) mass is 563 g/mol. The van der Waals surface area contributed by atoms with E-state index in [9.17, 15) is 31.5 Å². The highest BCUT2D eigenvalue weighted by Crippen LogP contribution is 2.41. The van der Waals surface area contributed by atoms with E-state index in [4.69, 9.17) is 25.8 Å². The Hall–Kier alpha value is -3.19. The average Bonchev–Trinajstić information content (AvgIpc) is 3.10. The van der Waals surface area contributed by atoms with Crippen LogP contribution in [0.25, 0.3) is 0 Å². The first-order valence-electron chi connectivity index (χ1n) is 11.6. The number of hydrogen-bond donors (Lipinski definition) is 2. The zero-order valence-electron chi connectivity index (χ0n) is 20.0. The SMILES string of the molecule is CC(Oc1ccnc(CNc2c(Cl)ccc3c2CCNCC32OC(=O)CCC(=O)O2)c1)C(F)(F)C(F)(F)F. The van der Waals surface area contributed by atoms with Gasteiger partial charge in [0.2, 0.25) is 0 Å². The van der Waals surface area contributed by atoms with Gasteiger partial charge in [-0.15, -0.1) is 0 Å². The van der Waals surface area contributed by atoms with Crippen molar-refractivity contribution in [2.75, 3.05) is 18.4 Å². The molecular weight excluding hydrogens is 541 g/mol. The summed E-state index contributed by atoms with van der Waals surface area (Å²) in [5.41, 5.74) is 1.71. The minimum Gasteiger partial charge on any atom is -0.484 e. The van der Waals surface area contributed by atoms with Crippen LogP contribution in [0.1, 0.15) is 36.6 Å². The van der Waals surface area contributed by atoms with Crippen molar-refractivity contribution in [2.24, 2.45) is 0 Å². The maximum atomic E-state index is 13.6. The second kappa shape index (κ2) is 10.5. The quantitative estimate of drug-likeness (QED) is 0.392. The Morgan fingerprint density at radius 3 is 2.47 bits per heavy atom. The standard InChI is InChI=1S/C24H23ClF5N3O5/c1-13(23(26,27)24(28,29)30)36-15-6-9-32-14(10-15)11-33-21-16-7-8-31-12-22(17(16)2-3-18(21)25)37-19(34)4-5-20(35)38-22/h2-3,6,9-10,13,31,33H,4-5,7-8,11-12H2,1H3. The van der Waals surface area contributed by atoms with Gasteiger partial charge in [0.05, 0.1) is 42.3 Å². The zero-order valence-corrected chi connectivity index (χ0v) is 20.7. The number of hydrogen-bond acceptors (Lipinski definition) is 8. The van der Waals surface area contributed by atoms with Gasteiger partial charge < -0.3 is 24.8 Å². The third kappa shape index (κ3) is 5.63. The summed E-state index contributed by atoms with van der Waals surface area (Å²) < 4.78 is 81.2. The number of carbonyl (C=O) groups is 2. The molecule has 1 atom stereocenters. The first kappa shape index (κ1) is 27.8. The van der Waals surface area contributed by atoms with Crippen LogP contribution < -0.4 is 15.4 Å². The molecule has 1 spiro atoms. The molecule has 2 aliphatic rings. The molecule has 0 radical (unpaired) electrons. The Labute approximate surface area is 218 Å². The molecule has 0 bridgehead atoms. The lowest BCUT2D eigenvalue weighted by Gasteiger charge is -2.32. The highest BCUT2D eigenvalue weighted by Gasteiger charge is 2.62. The predicted molar refractivity (Wildman–Crippen MR) is 124 cm³/mol. The molecule has 0 saturated carbocycles. The fourth-order valence-electron chi connectivity index (χ4n) is 4.18. The van der Waals surface area contributed by atoms with E-state index in [1.165, 1.54) is 18.3 Å². The van der Waals surface area contributed by atoms with Gasteiger partial charge in [-0.3, -0.25) is 14.6 Å². The number of nitrogens with zero attached hydrogens (tertiary/aromatic N) is 1. The summed E-state index contributed by atoms with van der Waals surface area (Å²) in [4.78, 5) is 28.6. The number of alkyl halides is 5. The van der Waals surface area contributed by atoms with E-state index in [0.29, 0.717) is 36.7 Å². The molecule has 1 aromatic heterocycles. The number of fused-ring (bicyclic) bond motifs is 2. The summed E-state index contributed by atoms with van der Waals surface area (Å²) in [7, 11) is 0. The van der Waals surface area contributed by atoms with Crippen molar-refractivity contribution in [3.8, 4) is 5.75 Å². The van der Waals surface area contributed by atoms with Crippen LogP contribution in [0.5, 0.6) is 5.75 Å². The first-order valence-corrected chi connectivity index (χ1v) is 12.0. The van der Waals surface area contributed by atoms with Crippen LogP contribution in [0.2, 0.25) is 5.02 Å². The number of halogens is 6. The first-order chi connectivity index (χ1) is 17.8. The van der Waals surface area contributed by atoms with Crippen molar-refractivity contribution < 1.29 is 45.8 Å². The molecule has 1 saturated heterocycles. The average molecular weight is 564 g/mol. The Balaban J connectivity index is 1.58. The van der Waals surface area contributed by atoms with Crippen molar-refractivity contribution in [3.05, 3.63) is 52.3 Å². The number of rotatable bonds is 6. The number of ether oxygens (including phenoxy) is 3. The van der Waals surface area contributed by atoms with Gasteiger partial charge in [-0.2, -0.15) is 22.0 Å². The van der Waals surface area contributed by atoms with Crippen molar-refractivity contribution in [1.82, 2.24) is 10.3 Å². The molecule has 3 heterocycles. The van der Waals surface area contributed by atoms with E-state index in [0.717, 1.165) is 6.07 Å². The molecule has 2 N–H and O–H groups in total. The molecule has 1 aromatic carbocycles. The molecular formula is C24H23ClF5N3O5. The summed E-state index contributed by atoms with van der Waals surface area (Å²) >= 11 is 6.46. The van der Waals surface area contributed by atoms with Crippen molar-refractivity contribution in [1.29, 1.82) is 0 Å². The van der Waals surface area contributed by atoms with Crippen molar-refractivity contribution in [2.45, 2.75) is 56.7 Å². The maximum absolute atomic E-state index is 13.6. The van der Waals surface area contributed by atoms with Gasteiger partial charge in [0.1, 0.15) is 5.75 Å². The van der Waals surface area contributed by atoms with Crippen LogP contribution >= 0.6 is 11.6 Å². The topological polar surface area (TPSA) is 98.8 Å². The maximum Gasteiger partial charge on any atom is 0.457 e. The number of carbonyl (C=O) groups excluding carboxylic acids is 2. The Kier molecular flexibility index (Phi) is 7.71. The third-order valence-electron chi connectivity index (χ3n) is 6.11. The minimum absolute atomic E-state index is 0.0164. The molecule has 1 unspecified atom stereocenters. The molecule has 4 rings (SSSR count). The van der Waals surface area contributed by atoms with Gasteiger partial charge >= 0.3 is 24.0 Å². The largest absolute Gasteiger partial charge is 0.484 e. The lowest BCUT2D eigenvalue weighted by atomic mass is 9.96. The van der Waals surface area contributed by atoms with E-state index in [2.05, 4.69) is 15.6 Å². The van der Waals surface area contributed by atoms with Gasteiger partial charge in [0.25, 0.3) is 5.79 Å². The van der Waals surface area contributed by atoms with Crippen LogP contribution in [-0.4, -0.2) is 48.2 Å². The summed E-state index contributed by atoms with van der Waals surface area (Å²) in [5, 5.41) is 6.48. The lowest BCUT2D eigenvalue weighted by Crippen LogP contribution is -2.48. The van der Waals surface area contributed by atoms with Crippen molar-refractivity contribution >= 4 is 29.2 Å².